The molecule has 3 aliphatic heterocycles. The van der Waals surface area contributed by atoms with Gasteiger partial charge in [-0.3, -0.25) is 0 Å². The minimum Gasteiger partial charge on any atom is -0.372 e. The topological polar surface area (TPSA) is 72.5 Å². The maximum absolute atomic E-state index is 14.3. The van der Waals surface area contributed by atoms with Crippen LogP contribution in [0.5, 0.6) is 0 Å². The van der Waals surface area contributed by atoms with E-state index in [2.05, 4.69) is 24.3 Å². The number of hydrogen-bond acceptors (Lipinski definition) is 7. The zero-order chi connectivity index (χ0) is 26.8. The van der Waals surface area contributed by atoms with Gasteiger partial charge in [0.2, 0.25) is 0 Å². The Kier molecular flexibility index (Phi) is 8.47. The van der Waals surface area contributed by atoms with Crippen LogP contribution >= 0.6 is 7.14 Å². The summed E-state index contributed by atoms with van der Waals surface area (Å²) in [4.78, 5) is 0. The van der Waals surface area contributed by atoms with Crippen LogP contribution in [0.25, 0.3) is 0 Å². The molecule has 0 amide bonds. The fourth-order valence-electron chi connectivity index (χ4n) is 5.52. The largest absolute Gasteiger partial charge is 0.372 e. The Balaban J connectivity index is 1.25. The second kappa shape index (κ2) is 11.5. The molecular weight excluding hydrogens is 503 g/mol. The van der Waals surface area contributed by atoms with Crippen LogP contribution in [0.2, 0.25) is 0 Å². The van der Waals surface area contributed by atoms with E-state index in [0.29, 0.717) is 31.7 Å². The molecule has 0 bridgehead atoms. The van der Waals surface area contributed by atoms with Gasteiger partial charge in [0.05, 0.1) is 20.4 Å². The molecule has 0 saturated carbocycles. The molecule has 2 aromatic carbocycles. The second-order valence-electron chi connectivity index (χ2n) is 11.5. The third-order valence-electron chi connectivity index (χ3n) is 7.53. The zero-order valence-corrected chi connectivity index (χ0v) is 23.8. The highest BCUT2D eigenvalue weighted by Gasteiger charge is 2.59. The van der Waals surface area contributed by atoms with E-state index in [0.717, 1.165) is 12.8 Å². The van der Waals surface area contributed by atoms with Gasteiger partial charge in [-0.25, -0.2) is 0 Å². The smallest absolute Gasteiger partial charge is 0.190 e. The molecule has 0 unspecified atom stereocenters. The lowest BCUT2D eigenvalue weighted by atomic mass is 10.1. The third-order valence-corrected chi connectivity index (χ3v) is 10.6. The third kappa shape index (κ3) is 6.95. The SMILES string of the molecule is CC1(C)O[C@H]2O[C@H]([C@H]3COC(C)(C)O3)[C@H](OCCP(=O)(CCc3ccccc3)CCc3ccccc3)[C@H]2O1. The molecule has 5 atom stereocenters. The zero-order valence-electron chi connectivity index (χ0n) is 22.9. The molecule has 5 rings (SSSR count). The first-order valence-electron chi connectivity index (χ1n) is 13.7. The average Bonchev–Trinajstić information content (AvgIpc) is 3.51. The molecule has 208 valence electrons. The van der Waals surface area contributed by atoms with Gasteiger partial charge in [-0.15, -0.1) is 0 Å². The second-order valence-corrected chi connectivity index (χ2v) is 14.9. The van der Waals surface area contributed by atoms with Crippen molar-refractivity contribution in [3.63, 3.8) is 0 Å². The highest BCUT2D eigenvalue weighted by molar-refractivity contribution is 7.63. The Morgan fingerprint density at radius 1 is 0.789 bits per heavy atom. The highest BCUT2D eigenvalue weighted by atomic mass is 31.2. The van der Waals surface area contributed by atoms with Crippen molar-refractivity contribution in [2.75, 3.05) is 31.7 Å². The monoisotopic (exact) mass is 544 g/mol. The van der Waals surface area contributed by atoms with E-state index in [1.165, 1.54) is 11.1 Å². The molecular formula is C30H41O7P. The molecule has 3 aliphatic rings. The summed E-state index contributed by atoms with van der Waals surface area (Å²) in [5.41, 5.74) is 2.42. The fraction of sp³-hybridized carbons (Fsp3) is 0.600. The van der Waals surface area contributed by atoms with E-state index < -0.39 is 37.2 Å². The van der Waals surface area contributed by atoms with Gasteiger partial charge in [0.25, 0.3) is 0 Å². The Hall–Kier alpha value is -1.57. The first-order chi connectivity index (χ1) is 18.1. The fourth-order valence-corrected chi connectivity index (χ4v) is 7.96. The average molecular weight is 545 g/mol. The molecule has 3 heterocycles. The maximum atomic E-state index is 14.3. The molecule has 38 heavy (non-hydrogen) atoms. The van der Waals surface area contributed by atoms with Gasteiger partial charge in [0, 0.05) is 18.5 Å². The van der Waals surface area contributed by atoms with Crippen LogP contribution in [0, 0.1) is 0 Å². The van der Waals surface area contributed by atoms with Crippen molar-refractivity contribution in [3.8, 4) is 0 Å². The Labute approximate surface area is 226 Å². The summed E-state index contributed by atoms with van der Waals surface area (Å²) >= 11 is 0. The van der Waals surface area contributed by atoms with Crippen LogP contribution in [0.1, 0.15) is 38.8 Å². The van der Waals surface area contributed by atoms with E-state index in [9.17, 15) is 4.57 Å². The maximum Gasteiger partial charge on any atom is 0.190 e. The molecule has 0 spiro atoms. The molecule has 3 fully saturated rings. The van der Waals surface area contributed by atoms with E-state index >= 15 is 0 Å². The summed E-state index contributed by atoms with van der Waals surface area (Å²) in [6, 6.07) is 20.6. The predicted octanol–water partition coefficient (Wildman–Crippen LogP) is 5.25. The number of fused-ring (bicyclic) bond motifs is 1. The van der Waals surface area contributed by atoms with Gasteiger partial charge < -0.3 is 33.0 Å². The van der Waals surface area contributed by atoms with Gasteiger partial charge in [-0.05, 0) is 51.7 Å². The van der Waals surface area contributed by atoms with Crippen LogP contribution in [-0.4, -0.2) is 74.0 Å². The van der Waals surface area contributed by atoms with Crippen molar-refractivity contribution in [1.82, 2.24) is 0 Å². The van der Waals surface area contributed by atoms with Crippen molar-refractivity contribution in [2.24, 2.45) is 0 Å². The van der Waals surface area contributed by atoms with Gasteiger partial charge in [0.1, 0.15) is 24.4 Å². The van der Waals surface area contributed by atoms with E-state index in [1.54, 1.807) is 0 Å². The van der Waals surface area contributed by atoms with Gasteiger partial charge in [0.15, 0.2) is 17.9 Å². The van der Waals surface area contributed by atoms with Crippen LogP contribution in [0.4, 0.5) is 0 Å². The summed E-state index contributed by atoms with van der Waals surface area (Å²) in [5, 5.41) is 0. The van der Waals surface area contributed by atoms with E-state index in [1.807, 2.05) is 64.1 Å². The van der Waals surface area contributed by atoms with Crippen LogP contribution in [-0.2, 0) is 45.8 Å². The van der Waals surface area contributed by atoms with Crippen molar-refractivity contribution >= 4 is 7.14 Å². The quantitative estimate of drug-likeness (QED) is 0.358. The number of hydrogen-bond donors (Lipinski definition) is 0. The predicted molar refractivity (Wildman–Crippen MR) is 146 cm³/mol. The molecule has 0 N–H and O–H groups in total. The summed E-state index contributed by atoms with van der Waals surface area (Å²) in [6.07, 6.45) is 1.40. The van der Waals surface area contributed by atoms with Crippen molar-refractivity contribution < 1.29 is 33.0 Å². The Morgan fingerprint density at radius 3 is 1.95 bits per heavy atom. The number of ether oxygens (including phenoxy) is 6. The molecule has 0 radical (unpaired) electrons. The van der Waals surface area contributed by atoms with Crippen LogP contribution < -0.4 is 0 Å². The van der Waals surface area contributed by atoms with E-state index in [-0.39, 0.29) is 12.2 Å². The van der Waals surface area contributed by atoms with Crippen molar-refractivity contribution in [3.05, 3.63) is 71.8 Å². The minimum atomic E-state index is -2.52. The first kappa shape index (κ1) is 28.0. The van der Waals surface area contributed by atoms with Crippen LogP contribution in [0.15, 0.2) is 60.7 Å². The normalized spacial score (nSPS) is 29.9. The lowest BCUT2D eigenvalue weighted by molar-refractivity contribution is -0.235. The lowest BCUT2D eigenvalue weighted by Crippen LogP contribution is -2.44. The molecule has 2 aromatic rings. The molecule has 0 aliphatic carbocycles. The summed E-state index contributed by atoms with van der Waals surface area (Å²) in [6.45, 7) is 8.30. The lowest BCUT2D eigenvalue weighted by Gasteiger charge is -2.29. The van der Waals surface area contributed by atoms with Gasteiger partial charge in [-0.1, -0.05) is 60.7 Å². The minimum absolute atomic E-state index is 0.293. The summed E-state index contributed by atoms with van der Waals surface area (Å²) in [5.74, 6) is -1.43. The van der Waals surface area contributed by atoms with Crippen molar-refractivity contribution in [2.45, 2.75) is 82.8 Å². The van der Waals surface area contributed by atoms with Crippen LogP contribution in [0.3, 0.4) is 0 Å². The summed E-state index contributed by atoms with van der Waals surface area (Å²) < 4.78 is 51.1. The Morgan fingerprint density at radius 2 is 1.39 bits per heavy atom. The van der Waals surface area contributed by atoms with Gasteiger partial charge in [-0.2, -0.15) is 0 Å². The highest BCUT2D eigenvalue weighted by Crippen LogP contribution is 2.47. The van der Waals surface area contributed by atoms with Gasteiger partial charge >= 0.3 is 0 Å². The first-order valence-corrected chi connectivity index (χ1v) is 16.0. The standard InChI is InChI=1S/C30H41O7P/c1-29(2)33-21-24(35-29)25-26(27-28(34-25)37-30(3,4)36-27)32-17-20-38(31,18-15-22-11-7-5-8-12-22)19-16-23-13-9-6-10-14-23/h5-14,24-28H,15-21H2,1-4H3/t24-,25-,26+,27-,28-/m1/s1. The summed E-state index contributed by atoms with van der Waals surface area (Å²) in [7, 11) is -2.52. The van der Waals surface area contributed by atoms with E-state index in [4.69, 9.17) is 28.4 Å². The number of benzene rings is 2. The number of aryl methyl sites for hydroxylation is 2. The van der Waals surface area contributed by atoms with Crippen molar-refractivity contribution in [1.29, 1.82) is 0 Å². The molecule has 8 heteroatoms. The molecule has 3 saturated heterocycles. The molecule has 7 nitrogen and oxygen atoms in total. The number of rotatable bonds is 11. The molecule has 0 aromatic heterocycles. The Bertz CT molecular complexity index is 1040.